The summed E-state index contributed by atoms with van der Waals surface area (Å²) in [5.41, 5.74) is 6.94. The van der Waals surface area contributed by atoms with Crippen molar-refractivity contribution in [2.75, 3.05) is 0 Å². The molecule has 7 rings (SSSR count). The molecule has 4 nitrogen and oxygen atoms in total. The molecule has 200 valence electrons. The van der Waals surface area contributed by atoms with Crippen molar-refractivity contribution in [3.63, 3.8) is 0 Å². The van der Waals surface area contributed by atoms with Gasteiger partial charge >= 0.3 is 0 Å². The number of furan rings is 2. The van der Waals surface area contributed by atoms with Crippen molar-refractivity contribution in [2.24, 2.45) is 12.5 Å². The number of fused-ring (bicyclic) bond motifs is 6. The molecule has 0 unspecified atom stereocenters. The molecule has 7 aromatic rings. The Morgan fingerprint density at radius 2 is 1.54 bits per heavy atom. The Hall–Kier alpha value is -4.88. The molecule has 0 amide bonds. The van der Waals surface area contributed by atoms with Crippen LogP contribution in [-0.4, -0.2) is 0 Å². The number of para-hydroxylation sites is 1. The van der Waals surface area contributed by atoms with Crippen LogP contribution in [0.2, 0.25) is 0 Å². The molecule has 4 heteroatoms. The van der Waals surface area contributed by atoms with Gasteiger partial charge in [-0.2, -0.15) is 5.26 Å². The van der Waals surface area contributed by atoms with E-state index >= 15 is 0 Å². The Morgan fingerprint density at radius 1 is 0.829 bits per heavy atom. The van der Waals surface area contributed by atoms with Crippen molar-refractivity contribution in [1.29, 1.82) is 5.26 Å². The molecule has 0 spiro atoms. The number of aromatic nitrogens is 1. The Bertz CT molecular complexity index is 2350. The predicted octanol–water partition coefficient (Wildman–Crippen LogP) is 9.41. The van der Waals surface area contributed by atoms with Gasteiger partial charge in [-0.15, -0.1) is 0 Å². The van der Waals surface area contributed by atoms with E-state index in [-0.39, 0.29) is 6.17 Å². The standard InChI is InChI=1S/C37H31N2O2/c1-22-10-13-28-29-15-12-25(21-38)34(24-11-14-27-26-8-6-7-9-31(26)40-32(27)19-24)36(29)41-35(28)33(22)30-18-23(16-17-39(30)5)20-37(2,3)4/h6-19H,20H2,1-5H3/q+1/i17D,20D2. The van der Waals surface area contributed by atoms with Gasteiger partial charge in [0.25, 0.3) is 0 Å². The monoisotopic (exact) mass is 538 g/mol. The second-order valence-electron chi connectivity index (χ2n) is 11.7. The smallest absolute Gasteiger partial charge is 0.216 e. The minimum atomic E-state index is -1.67. The molecule has 3 aromatic heterocycles. The van der Waals surface area contributed by atoms with Gasteiger partial charge in [-0.3, -0.25) is 0 Å². The van der Waals surface area contributed by atoms with Gasteiger partial charge < -0.3 is 8.83 Å². The molecule has 0 saturated carbocycles. The number of hydrogen-bond donors (Lipinski definition) is 0. The van der Waals surface area contributed by atoms with Crippen LogP contribution in [0.15, 0.2) is 93.9 Å². The van der Waals surface area contributed by atoms with Crippen LogP contribution in [0.3, 0.4) is 0 Å². The molecule has 0 aliphatic rings. The summed E-state index contributed by atoms with van der Waals surface area (Å²) in [6, 6.07) is 27.5. The zero-order valence-corrected chi connectivity index (χ0v) is 23.7. The van der Waals surface area contributed by atoms with E-state index in [0.717, 1.165) is 49.4 Å². The highest BCUT2D eigenvalue weighted by Gasteiger charge is 2.24. The van der Waals surface area contributed by atoms with Crippen molar-refractivity contribution >= 4 is 43.9 Å². The number of nitriles is 1. The topological polar surface area (TPSA) is 54.0 Å². The molecule has 0 atom stereocenters. The highest BCUT2D eigenvalue weighted by molar-refractivity contribution is 6.14. The lowest BCUT2D eigenvalue weighted by molar-refractivity contribution is -0.660. The van der Waals surface area contributed by atoms with E-state index in [1.807, 2.05) is 108 Å². The average Bonchev–Trinajstić information content (AvgIpc) is 3.55. The molecule has 0 saturated heterocycles. The van der Waals surface area contributed by atoms with Crippen LogP contribution >= 0.6 is 0 Å². The van der Waals surface area contributed by atoms with Crippen molar-refractivity contribution in [3.05, 3.63) is 102 Å². The second kappa shape index (κ2) is 9.08. The lowest BCUT2D eigenvalue weighted by atomic mass is 9.87. The molecule has 4 aromatic carbocycles. The van der Waals surface area contributed by atoms with Gasteiger partial charge in [0.2, 0.25) is 5.69 Å². The van der Waals surface area contributed by atoms with Crippen molar-refractivity contribution < 1.29 is 17.5 Å². The molecule has 41 heavy (non-hydrogen) atoms. The van der Waals surface area contributed by atoms with Gasteiger partial charge in [-0.25, -0.2) is 4.57 Å². The number of rotatable bonds is 3. The third-order valence-corrected chi connectivity index (χ3v) is 7.65. The van der Waals surface area contributed by atoms with Crippen LogP contribution < -0.4 is 4.57 Å². The molecular formula is C37H31N2O2+. The first-order valence-corrected chi connectivity index (χ1v) is 13.7. The van der Waals surface area contributed by atoms with E-state index in [1.165, 1.54) is 0 Å². The lowest BCUT2D eigenvalue weighted by Crippen LogP contribution is -2.31. The van der Waals surface area contributed by atoms with Crippen LogP contribution in [0.1, 0.15) is 41.6 Å². The fourth-order valence-electron chi connectivity index (χ4n) is 5.85. The summed E-state index contributed by atoms with van der Waals surface area (Å²) in [6.07, 6.45) is -1.48. The molecule has 0 aliphatic heterocycles. The molecular weight excluding hydrogens is 504 g/mol. The third kappa shape index (κ3) is 4.08. The molecule has 0 radical (unpaired) electrons. The largest absolute Gasteiger partial charge is 0.456 e. The highest BCUT2D eigenvalue weighted by atomic mass is 16.3. The quantitative estimate of drug-likeness (QED) is 0.211. The third-order valence-electron chi connectivity index (χ3n) is 7.65. The van der Waals surface area contributed by atoms with E-state index in [9.17, 15) is 5.26 Å². The van der Waals surface area contributed by atoms with Gasteiger partial charge in [0.05, 0.1) is 17.2 Å². The first kappa shape index (κ1) is 21.9. The summed E-state index contributed by atoms with van der Waals surface area (Å²) in [6.45, 7) is 7.59. The van der Waals surface area contributed by atoms with Crippen LogP contribution in [-0.2, 0) is 13.4 Å². The summed E-state index contributed by atoms with van der Waals surface area (Å²) in [5.74, 6) is 0. The summed E-state index contributed by atoms with van der Waals surface area (Å²) in [4.78, 5) is 0. The van der Waals surface area contributed by atoms with Crippen molar-refractivity contribution in [3.8, 4) is 28.5 Å². The maximum Gasteiger partial charge on any atom is 0.216 e. The minimum absolute atomic E-state index is 0.199. The minimum Gasteiger partial charge on any atom is -0.456 e. The number of nitrogens with zero attached hydrogens (tertiary/aromatic N) is 2. The van der Waals surface area contributed by atoms with Gasteiger partial charge in [-0.05, 0) is 65.7 Å². The van der Waals surface area contributed by atoms with Gasteiger partial charge in [-0.1, -0.05) is 57.2 Å². The molecule has 0 bridgehead atoms. The van der Waals surface area contributed by atoms with Gasteiger partial charge in [0, 0.05) is 42.0 Å². The lowest BCUT2D eigenvalue weighted by Gasteiger charge is -2.18. The number of hydrogen-bond acceptors (Lipinski definition) is 3. The van der Waals surface area contributed by atoms with Crippen LogP contribution in [0.5, 0.6) is 0 Å². The Kier molecular flexibility index (Phi) is 4.84. The van der Waals surface area contributed by atoms with Crippen LogP contribution in [0, 0.1) is 23.7 Å². The van der Waals surface area contributed by atoms with E-state index in [4.69, 9.17) is 12.9 Å². The Morgan fingerprint density at radius 3 is 2.32 bits per heavy atom. The van der Waals surface area contributed by atoms with Gasteiger partial charge in [0.15, 0.2) is 6.17 Å². The van der Waals surface area contributed by atoms with E-state index < -0.39 is 11.8 Å². The van der Waals surface area contributed by atoms with Crippen LogP contribution in [0.25, 0.3) is 66.3 Å². The zero-order chi connectivity index (χ0) is 31.1. The van der Waals surface area contributed by atoms with Crippen molar-refractivity contribution in [1.82, 2.24) is 0 Å². The number of aryl methyl sites for hydroxylation is 1. The summed E-state index contributed by atoms with van der Waals surface area (Å²) in [5, 5.41) is 14.0. The maximum atomic E-state index is 10.2. The van der Waals surface area contributed by atoms with E-state index in [0.29, 0.717) is 33.6 Å². The number of pyridine rings is 1. The number of benzene rings is 4. The Labute approximate surface area is 243 Å². The maximum absolute atomic E-state index is 10.2. The first-order valence-electron chi connectivity index (χ1n) is 15.2. The SMILES string of the molecule is [2H]c1cc(C([2H])([2H])C(C)(C)C)cc(-c2c(C)ccc3c2oc2c(-c4ccc5c(c4)oc4ccccc45)c(C#N)ccc23)[n+]1C. The van der Waals surface area contributed by atoms with Crippen LogP contribution in [0.4, 0.5) is 0 Å². The predicted molar refractivity (Wildman–Crippen MR) is 166 cm³/mol. The van der Waals surface area contributed by atoms with E-state index in [1.54, 1.807) is 10.6 Å². The fraction of sp³-hybridized carbons (Fsp3) is 0.189. The normalized spacial score (nSPS) is 13.5. The fourth-order valence-corrected chi connectivity index (χ4v) is 5.85. The molecule has 3 heterocycles. The van der Waals surface area contributed by atoms with Crippen molar-refractivity contribution in [2.45, 2.75) is 34.1 Å². The highest BCUT2D eigenvalue weighted by Crippen LogP contribution is 2.43. The molecule has 0 N–H and O–H groups in total. The second-order valence-corrected chi connectivity index (χ2v) is 11.7. The zero-order valence-electron chi connectivity index (χ0n) is 26.7. The van der Waals surface area contributed by atoms with Gasteiger partial charge in [0.1, 0.15) is 30.8 Å². The summed E-state index contributed by atoms with van der Waals surface area (Å²) < 4.78 is 41.3. The summed E-state index contributed by atoms with van der Waals surface area (Å²) in [7, 11) is 1.82. The molecule has 0 fully saturated rings. The Balaban J connectivity index is 1.52. The van der Waals surface area contributed by atoms with E-state index in [2.05, 4.69) is 6.07 Å². The first-order chi connectivity index (χ1) is 20.9. The molecule has 0 aliphatic carbocycles. The summed E-state index contributed by atoms with van der Waals surface area (Å²) >= 11 is 0. The average molecular weight is 539 g/mol.